The Morgan fingerprint density at radius 1 is 1.03 bits per heavy atom. The largest absolute Gasteiger partial charge is 0.366 e. The van der Waals surface area contributed by atoms with Crippen LogP contribution in [0.15, 0.2) is 53.4 Å². The number of carbonyl (C=O) groups is 2. The zero-order valence-electron chi connectivity index (χ0n) is 15.6. The van der Waals surface area contributed by atoms with Gasteiger partial charge in [0.05, 0.1) is 31.1 Å². The van der Waals surface area contributed by atoms with E-state index in [4.69, 9.17) is 17.3 Å². The molecule has 4 N–H and O–H groups in total. The van der Waals surface area contributed by atoms with Crippen molar-refractivity contribution < 1.29 is 22.9 Å². The fraction of sp³-hybridized carbons (Fsp3) is 0.263. The maximum Gasteiger partial charge on any atom is 0.279 e. The molecule has 0 aliphatic carbocycles. The monoisotopic (exact) mass is 437 g/mol. The average Bonchev–Trinajstić information content (AvgIpc) is 2.69. The van der Waals surface area contributed by atoms with Crippen molar-refractivity contribution in [3.8, 4) is 0 Å². The van der Waals surface area contributed by atoms with Crippen LogP contribution in [0.5, 0.6) is 0 Å². The topological polar surface area (TPSA) is 114 Å². The van der Waals surface area contributed by atoms with Crippen LogP contribution in [0.1, 0.15) is 10.4 Å². The van der Waals surface area contributed by atoms with Crippen LogP contribution >= 0.6 is 11.6 Å². The van der Waals surface area contributed by atoms with E-state index in [1.807, 2.05) is 0 Å². The Hall–Kier alpha value is -2.46. The molecule has 1 aliphatic rings. The number of nitrogens with zero attached hydrogens (tertiary/aromatic N) is 1. The lowest BCUT2D eigenvalue weighted by molar-refractivity contribution is -0.895. The van der Waals surface area contributed by atoms with Crippen molar-refractivity contribution in [1.29, 1.82) is 0 Å². The van der Waals surface area contributed by atoms with Crippen molar-refractivity contribution >= 4 is 39.1 Å². The molecule has 0 unspecified atom stereocenters. The van der Waals surface area contributed by atoms with Crippen molar-refractivity contribution in [1.82, 2.24) is 4.31 Å². The van der Waals surface area contributed by atoms with Gasteiger partial charge in [0.25, 0.3) is 5.91 Å². The second-order valence-electron chi connectivity index (χ2n) is 6.77. The van der Waals surface area contributed by atoms with E-state index in [0.29, 0.717) is 42.5 Å². The molecule has 29 heavy (non-hydrogen) atoms. The lowest BCUT2D eigenvalue weighted by Gasteiger charge is -2.31. The van der Waals surface area contributed by atoms with Gasteiger partial charge in [-0.15, -0.1) is 0 Å². The number of halogens is 1. The van der Waals surface area contributed by atoms with Gasteiger partial charge in [-0.1, -0.05) is 11.6 Å². The van der Waals surface area contributed by atoms with Gasteiger partial charge in [-0.25, -0.2) is 8.42 Å². The minimum atomic E-state index is -3.57. The lowest BCUT2D eigenvalue weighted by atomic mass is 10.2. The Bertz CT molecular complexity index is 986. The summed E-state index contributed by atoms with van der Waals surface area (Å²) in [6.07, 6.45) is 0. The van der Waals surface area contributed by atoms with Gasteiger partial charge < -0.3 is 16.0 Å². The van der Waals surface area contributed by atoms with Crippen LogP contribution in [0.4, 0.5) is 5.69 Å². The van der Waals surface area contributed by atoms with E-state index in [-0.39, 0.29) is 17.3 Å². The first kappa shape index (κ1) is 21.3. The number of amides is 2. The number of sulfonamides is 1. The van der Waals surface area contributed by atoms with E-state index in [2.05, 4.69) is 5.32 Å². The van der Waals surface area contributed by atoms with Crippen LogP contribution in [0.3, 0.4) is 0 Å². The third-order valence-electron chi connectivity index (χ3n) is 4.74. The molecular weight excluding hydrogens is 416 g/mol. The number of rotatable bonds is 6. The number of hydrogen-bond donors (Lipinski definition) is 3. The van der Waals surface area contributed by atoms with Gasteiger partial charge in [-0.2, -0.15) is 4.31 Å². The summed E-state index contributed by atoms with van der Waals surface area (Å²) < 4.78 is 26.8. The molecule has 0 bridgehead atoms. The Labute approximate surface area is 174 Å². The van der Waals surface area contributed by atoms with Gasteiger partial charge >= 0.3 is 0 Å². The van der Waals surface area contributed by atoms with E-state index in [0.717, 1.165) is 4.90 Å². The summed E-state index contributed by atoms with van der Waals surface area (Å²) in [5.41, 5.74) is 6.13. The highest BCUT2D eigenvalue weighted by Gasteiger charge is 2.31. The van der Waals surface area contributed by atoms with E-state index in [9.17, 15) is 18.0 Å². The molecular formula is C19H22ClN4O4S+. The smallest absolute Gasteiger partial charge is 0.279 e. The average molecular weight is 438 g/mol. The maximum atomic E-state index is 12.7. The van der Waals surface area contributed by atoms with Crippen LogP contribution in [-0.4, -0.2) is 57.3 Å². The molecule has 3 rings (SSSR count). The molecule has 154 valence electrons. The summed E-state index contributed by atoms with van der Waals surface area (Å²) in [6.45, 7) is 1.95. The second-order valence-corrected chi connectivity index (χ2v) is 9.15. The van der Waals surface area contributed by atoms with Crippen molar-refractivity contribution in [3.63, 3.8) is 0 Å². The number of carbonyl (C=O) groups excluding carboxylic acids is 2. The summed E-state index contributed by atoms with van der Waals surface area (Å²) in [7, 11) is -3.57. The summed E-state index contributed by atoms with van der Waals surface area (Å²) in [6, 6.07) is 12.4. The van der Waals surface area contributed by atoms with Gasteiger partial charge in [-0.3, -0.25) is 9.59 Å². The predicted octanol–water partition coefficient (Wildman–Crippen LogP) is -0.0332. The Morgan fingerprint density at radius 3 is 2.17 bits per heavy atom. The Balaban J connectivity index is 1.52. The zero-order chi connectivity index (χ0) is 21.0. The molecule has 1 fully saturated rings. The summed E-state index contributed by atoms with van der Waals surface area (Å²) in [5, 5.41) is 3.25. The van der Waals surface area contributed by atoms with Gasteiger partial charge in [0, 0.05) is 16.3 Å². The number of hydrogen-bond acceptors (Lipinski definition) is 4. The first-order chi connectivity index (χ1) is 13.8. The van der Waals surface area contributed by atoms with Gasteiger partial charge in [0.2, 0.25) is 15.9 Å². The predicted molar refractivity (Wildman–Crippen MR) is 109 cm³/mol. The third-order valence-corrected chi connectivity index (χ3v) is 6.91. The number of benzene rings is 2. The van der Waals surface area contributed by atoms with Crippen molar-refractivity contribution in [2.24, 2.45) is 5.73 Å². The highest BCUT2D eigenvalue weighted by atomic mass is 35.5. The number of nitrogens with one attached hydrogen (secondary N) is 2. The van der Waals surface area contributed by atoms with Gasteiger partial charge in [0.1, 0.15) is 0 Å². The lowest BCUT2D eigenvalue weighted by Crippen LogP contribution is -3.15. The van der Waals surface area contributed by atoms with Crippen molar-refractivity contribution in [2.45, 2.75) is 4.90 Å². The molecule has 2 amide bonds. The molecule has 0 spiro atoms. The molecule has 1 aliphatic heterocycles. The molecule has 8 nitrogen and oxygen atoms in total. The Kier molecular flexibility index (Phi) is 6.53. The van der Waals surface area contributed by atoms with Crippen LogP contribution in [0.25, 0.3) is 0 Å². The second kappa shape index (κ2) is 8.91. The third kappa shape index (κ3) is 5.33. The van der Waals surface area contributed by atoms with E-state index >= 15 is 0 Å². The molecule has 0 atom stereocenters. The highest BCUT2D eigenvalue weighted by molar-refractivity contribution is 7.89. The van der Waals surface area contributed by atoms with E-state index in [1.165, 1.54) is 16.4 Å². The Morgan fingerprint density at radius 2 is 1.62 bits per heavy atom. The standard InChI is InChI=1S/C19H21ClN4O4S/c20-15-3-7-17(8-4-15)29(27,28)24-11-9-23(10-12-24)13-18(25)22-16-5-1-14(2-6-16)19(21)26/h1-8H,9-13H2,(H2,21,26)(H,22,25)/p+1. The molecule has 10 heteroatoms. The maximum absolute atomic E-state index is 12.7. The van der Waals surface area contributed by atoms with Crippen LogP contribution in [0.2, 0.25) is 5.02 Å². The highest BCUT2D eigenvalue weighted by Crippen LogP contribution is 2.18. The minimum Gasteiger partial charge on any atom is -0.366 e. The fourth-order valence-electron chi connectivity index (χ4n) is 3.13. The van der Waals surface area contributed by atoms with Crippen molar-refractivity contribution in [3.05, 3.63) is 59.1 Å². The SMILES string of the molecule is NC(=O)c1ccc(NC(=O)C[NH+]2CCN(S(=O)(=O)c3ccc(Cl)cc3)CC2)cc1. The molecule has 2 aromatic carbocycles. The van der Waals surface area contributed by atoms with Crippen LogP contribution in [-0.2, 0) is 14.8 Å². The molecule has 0 radical (unpaired) electrons. The summed E-state index contributed by atoms with van der Waals surface area (Å²) in [5.74, 6) is -0.709. The first-order valence-electron chi connectivity index (χ1n) is 9.05. The van der Waals surface area contributed by atoms with Crippen LogP contribution < -0.4 is 16.0 Å². The molecule has 0 saturated carbocycles. The summed E-state index contributed by atoms with van der Waals surface area (Å²) >= 11 is 5.82. The molecule has 1 heterocycles. The first-order valence-corrected chi connectivity index (χ1v) is 10.9. The van der Waals surface area contributed by atoms with Crippen molar-refractivity contribution in [2.75, 3.05) is 38.0 Å². The quantitative estimate of drug-likeness (QED) is 0.588. The number of quaternary nitrogens is 1. The van der Waals surface area contributed by atoms with E-state index < -0.39 is 15.9 Å². The van der Waals surface area contributed by atoms with E-state index in [1.54, 1.807) is 36.4 Å². The molecule has 0 aromatic heterocycles. The number of nitrogens with two attached hydrogens (primary N) is 1. The van der Waals surface area contributed by atoms with Gasteiger partial charge in [-0.05, 0) is 48.5 Å². The van der Waals surface area contributed by atoms with Gasteiger partial charge in [0.15, 0.2) is 6.54 Å². The molecule has 1 saturated heterocycles. The number of primary amides is 1. The molecule has 2 aromatic rings. The number of piperazine rings is 1. The van der Waals surface area contributed by atoms with Crippen LogP contribution in [0, 0.1) is 0 Å². The fourth-order valence-corrected chi connectivity index (χ4v) is 4.69. The number of anilines is 1. The zero-order valence-corrected chi connectivity index (χ0v) is 17.2. The summed E-state index contributed by atoms with van der Waals surface area (Å²) in [4.78, 5) is 24.6. The normalized spacial score (nSPS) is 15.8. The minimum absolute atomic E-state index is 0.180.